The lowest BCUT2D eigenvalue weighted by atomic mass is 9.88. The predicted molar refractivity (Wildman–Crippen MR) is 81.7 cm³/mol. The quantitative estimate of drug-likeness (QED) is 0.849. The number of hydrogen-bond acceptors (Lipinski definition) is 3. The molecule has 0 fully saturated rings. The number of hydrogen-bond donors (Lipinski definition) is 1. The average Bonchev–Trinajstić information content (AvgIpc) is 2.99. The number of amides is 1. The van der Waals surface area contributed by atoms with E-state index in [1.165, 1.54) is 11.9 Å². The van der Waals surface area contributed by atoms with Crippen molar-refractivity contribution < 1.29 is 4.79 Å². The van der Waals surface area contributed by atoms with E-state index in [-0.39, 0.29) is 5.91 Å². The number of rotatable bonds is 7. The van der Waals surface area contributed by atoms with E-state index in [1.807, 2.05) is 18.2 Å². The maximum absolute atomic E-state index is 11.9. The van der Waals surface area contributed by atoms with Crippen LogP contribution in [0.1, 0.15) is 31.7 Å². The Bertz CT molecular complexity index is 537. The molecule has 1 aromatic carbocycles. The summed E-state index contributed by atoms with van der Waals surface area (Å²) in [7, 11) is 0. The number of benzene rings is 1. The number of nitrogens with zero attached hydrogens (tertiary/aromatic N) is 3. The van der Waals surface area contributed by atoms with Gasteiger partial charge in [0.15, 0.2) is 0 Å². The fourth-order valence-corrected chi connectivity index (χ4v) is 2.32. The summed E-state index contributed by atoms with van der Waals surface area (Å²) in [5.74, 6) is 0.858. The first-order valence-electron chi connectivity index (χ1n) is 7.31. The Kier molecular flexibility index (Phi) is 5.49. The lowest BCUT2D eigenvalue weighted by Gasteiger charge is -2.21. The standard InChI is InChI=1S/C16H22N4O/c1-13(2)15(14-6-4-3-5-7-14)10-18-16(21)8-9-20-12-17-11-19-20/h3-7,11-13,15H,8-10H2,1-2H3,(H,18,21)/t15-/m0/s1. The molecule has 0 aliphatic heterocycles. The minimum absolute atomic E-state index is 0.0482. The fourth-order valence-electron chi connectivity index (χ4n) is 2.32. The van der Waals surface area contributed by atoms with Crippen molar-refractivity contribution in [3.05, 3.63) is 48.5 Å². The molecule has 1 heterocycles. The molecule has 0 radical (unpaired) electrons. The number of nitrogens with one attached hydrogen (secondary N) is 1. The van der Waals surface area contributed by atoms with Crippen molar-refractivity contribution in [1.29, 1.82) is 0 Å². The molecule has 1 atom stereocenters. The van der Waals surface area contributed by atoms with Gasteiger partial charge >= 0.3 is 0 Å². The Morgan fingerprint density at radius 2 is 2.05 bits per heavy atom. The largest absolute Gasteiger partial charge is 0.355 e. The van der Waals surface area contributed by atoms with Crippen molar-refractivity contribution in [3.63, 3.8) is 0 Å². The monoisotopic (exact) mass is 286 g/mol. The lowest BCUT2D eigenvalue weighted by molar-refractivity contribution is -0.121. The minimum atomic E-state index is 0.0482. The third-order valence-electron chi connectivity index (χ3n) is 3.59. The molecule has 0 saturated carbocycles. The van der Waals surface area contributed by atoms with E-state index in [0.717, 1.165) is 0 Å². The van der Waals surface area contributed by atoms with Crippen LogP contribution in [0.2, 0.25) is 0 Å². The van der Waals surface area contributed by atoms with Crippen LogP contribution in [-0.4, -0.2) is 27.2 Å². The zero-order valence-electron chi connectivity index (χ0n) is 12.6. The number of aryl methyl sites for hydroxylation is 1. The minimum Gasteiger partial charge on any atom is -0.355 e. The second-order valence-electron chi connectivity index (χ2n) is 5.47. The Labute approximate surface area is 125 Å². The molecule has 0 spiro atoms. The van der Waals surface area contributed by atoms with Crippen LogP contribution >= 0.6 is 0 Å². The van der Waals surface area contributed by atoms with E-state index in [1.54, 1.807) is 11.0 Å². The van der Waals surface area contributed by atoms with Crippen LogP contribution < -0.4 is 5.32 Å². The molecular weight excluding hydrogens is 264 g/mol. The Morgan fingerprint density at radius 1 is 1.29 bits per heavy atom. The number of aromatic nitrogens is 3. The summed E-state index contributed by atoms with van der Waals surface area (Å²) in [6.07, 6.45) is 3.51. The van der Waals surface area contributed by atoms with Gasteiger partial charge in [0.1, 0.15) is 12.7 Å². The van der Waals surface area contributed by atoms with Gasteiger partial charge in [0.25, 0.3) is 0 Å². The van der Waals surface area contributed by atoms with Gasteiger partial charge in [0.2, 0.25) is 5.91 Å². The zero-order chi connectivity index (χ0) is 15.1. The predicted octanol–water partition coefficient (Wildman–Crippen LogP) is 2.22. The molecule has 0 aliphatic rings. The first kappa shape index (κ1) is 15.2. The molecule has 112 valence electrons. The molecule has 0 bridgehead atoms. The van der Waals surface area contributed by atoms with Crippen molar-refractivity contribution in [1.82, 2.24) is 20.1 Å². The van der Waals surface area contributed by atoms with E-state index in [2.05, 4.69) is 41.4 Å². The highest BCUT2D eigenvalue weighted by atomic mass is 16.1. The highest BCUT2D eigenvalue weighted by Crippen LogP contribution is 2.23. The molecule has 21 heavy (non-hydrogen) atoms. The van der Waals surface area contributed by atoms with Crippen molar-refractivity contribution in [3.8, 4) is 0 Å². The van der Waals surface area contributed by atoms with Crippen LogP contribution in [0.3, 0.4) is 0 Å². The highest BCUT2D eigenvalue weighted by Gasteiger charge is 2.16. The number of carbonyl (C=O) groups excluding carboxylic acids is 1. The molecule has 5 heteroatoms. The van der Waals surface area contributed by atoms with Crippen LogP contribution in [0, 0.1) is 5.92 Å². The molecule has 2 aromatic rings. The van der Waals surface area contributed by atoms with Crippen molar-refractivity contribution in [2.24, 2.45) is 5.92 Å². The molecule has 1 aromatic heterocycles. The third-order valence-corrected chi connectivity index (χ3v) is 3.59. The van der Waals surface area contributed by atoms with Gasteiger partial charge in [-0.3, -0.25) is 9.48 Å². The van der Waals surface area contributed by atoms with Crippen LogP contribution in [-0.2, 0) is 11.3 Å². The van der Waals surface area contributed by atoms with Gasteiger partial charge in [0, 0.05) is 18.9 Å². The molecule has 1 N–H and O–H groups in total. The first-order valence-corrected chi connectivity index (χ1v) is 7.31. The second kappa shape index (κ2) is 7.57. The van der Waals surface area contributed by atoms with Gasteiger partial charge in [-0.05, 0) is 11.5 Å². The molecular formula is C16H22N4O. The highest BCUT2D eigenvalue weighted by molar-refractivity contribution is 5.75. The van der Waals surface area contributed by atoms with Gasteiger partial charge in [-0.1, -0.05) is 44.2 Å². The molecule has 0 saturated heterocycles. The van der Waals surface area contributed by atoms with Gasteiger partial charge in [-0.25, -0.2) is 4.98 Å². The van der Waals surface area contributed by atoms with Gasteiger partial charge in [-0.2, -0.15) is 5.10 Å². The third kappa shape index (κ3) is 4.70. The fraction of sp³-hybridized carbons (Fsp3) is 0.438. The Balaban J connectivity index is 1.83. The summed E-state index contributed by atoms with van der Waals surface area (Å²) in [6, 6.07) is 10.3. The number of carbonyl (C=O) groups is 1. The van der Waals surface area contributed by atoms with Crippen LogP contribution in [0.4, 0.5) is 0 Å². The van der Waals surface area contributed by atoms with E-state index in [4.69, 9.17) is 0 Å². The average molecular weight is 286 g/mol. The maximum Gasteiger partial charge on any atom is 0.221 e. The first-order chi connectivity index (χ1) is 10.2. The van der Waals surface area contributed by atoms with E-state index in [9.17, 15) is 4.79 Å². The van der Waals surface area contributed by atoms with Crippen molar-refractivity contribution in [2.75, 3.05) is 6.54 Å². The van der Waals surface area contributed by atoms with Gasteiger partial charge < -0.3 is 5.32 Å². The second-order valence-corrected chi connectivity index (χ2v) is 5.47. The molecule has 0 unspecified atom stereocenters. The summed E-state index contributed by atoms with van der Waals surface area (Å²) in [4.78, 5) is 15.8. The molecule has 0 aliphatic carbocycles. The van der Waals surface area contributed by atoms with E-state index in [0.29, 0.717) is 31.3 Å². The van der Waals surface area contributed by atoms with Crippen molar-refractivity contribution >= 4 is 5.91 Å². The van der Waals surface area contributed by atoms with Crippen molar-refractivity contribution in [2.45, 2.75) is 32.7 Å². The Morgan fingerprint density at radius 3 is 2.67 bits per heavy atom. The topological polar surface area (TPSA) is 59.8 Å². The van der Waals surface area contributed by atoms with Gasteiger partial charge in [-0.15, -0.1) is 0 Å². The molecule has 1 amide bonds. The van der Waals surface area contributed by atoms with E-state index < -0.39 is 0 Å². The smallest absolute Gasteiger partial charge is 0.221 e. The van der Waals surface area contributed by atoms with Crippen LogP contribution in [0.25, 0.3) is 0 Å². The zero-order valence-corrected chi connectivity index (χ0v) is 12.6. The summed E-state index contributed by atoms with van der Waals surface area (Å²) < 4.78 is 1.66. The van der Waals surface area contributed by atoms with Crippen LogP contribution in [0.15, 0.2) is 43.0 Å². The lowest BCUT2D eigenvalue weighted by Crippen LogP contribution is -2.31. The summed E-state index contributed by atoms with van der Waals surface area (Å²) in [5.41, 5.74) is 1.27. The molecule has 5 nitrogen and oxygen atoms in total. The maximum atomic E-state index is 11.9. The van der Waals surface area contributed by atoms with Crippen LogP contribution in [0.5, 0.6) is 0 Å². The summed E-state index contributed by atoms with van der Waals surface area (Å²) in [5, 5.41) is 7.01. The van der Waals surface area contributed by atoms with Gasteiger partial charge in [0.05, 0.1) is 6.54 Å². The normalized spacial score (nSPS) is 12.3. The summed E-state index contributed by atoms with van der Waals surface area (Å²) in [6.45, 7) is 5.58. The van der Waals surface area contributed by atoms with E-state index >= 15 is 0 Å². The Hall–Kier alpha value is -2.17. The molecule has 2 rings (SSSR count). The summed E-state index contributed by atoms with van der Waals surface area (Å²) >= 11 is 0. The SMILES string of the molecule is CC(C)[C@H](CNC(=O)CCn1cncn1)c1ccccc1.